The number of ether oxygens (including phenoxy) is 1. The molecule has 0 atom stereocenters. The maximum Gasteiger partial charge on any atom is 0.122 e. The van der Waals surface area contributed by atoms with Gasteiger partial charge in [0.25, 0.3) is 0 Å². The third-order valence-electron chi connectivity index (χ3n) is 2.29. The number of benzene rings is 1. The van der Waals surface area contributed by atoms with Crippen LogP contribution in [0.3, 0.4) is 0 Å². The molecule has 0 saturated heterocycles. The van der Waals surface area contributed by atoms with Gasteiger partial charge in [0.1, 0.15) is 18.2 Å². The number of hydrogen-bond donors (Lipinski definition) is 2. The molecule has 2 rings (SSSR count). The Bertz CT molecular complexity index is 493. The van der Waals surface area contributed by atoms with Crippen molar-refractivity contribution >= 4 is 5.84 Å². The van der Waals surface area contributed by atoms with Crippen molar-refractivity contribution in [2.45, 2.75) is 6.54 Å². The molecule has 0 aliphatic rings. The van der Waals surface area contributed by atoms with Gasteiger partial charge in [-0.1, -0.05) is 12.1 Å². The SMILES string of the molecule is N=C(N)c1cccc(OCCn2cccn2)c1. The minimum atomic E-state index is 0.0440. The second kappa shape index (κ2) is 5.16. The molecule has 3 N–H and O–H groups in total. The number of nitrogens with one attached hydrogen (secondary N) is 1. The molecule has 0 fully saturated rings. The van der Waals surface area contributed by atoms with Crippen molar-refractivity contribution in [3.63, 3.8) is 0 Å². The molecule has 0 spiro atoms. The van der Waals surface area contributed by atoms with Gasteiger partial charge in [-0.2, -0.15) is 5.10 Å². The highest BCUT2D eigenvalue weighted by atomic mass is 16.5. The van der Waals surface area contributed by atoms with Gasteiger partial charge in [-0.15, -0.1) is 0 Å². The normalized spacial score (nSPS) is 10.1. The first-order chi connectivity index (χ1) is 8.25. The van der Waals surface area contributed by atoms with E-state index in [9.17, 15) is 0 Å². The third kappa shape index (κ3) is 3.07. The molecule has 88 valence electrons. The number of hydrogen-bond acceptors (Lipinski definition) is 3. The van der Waals surface area contributed by atoms with Crippen LogP contribution in [0.2, 0.25) is 0 Å². The Hall–Kier alpha value is -2.30. The predicted molar refractivity (Wildman–Crippen MR) is 65.2 cm³/mol. The zero-order chi connectivity index (χ0) is 12.1. The highest BCUT2D eigenvalue weighted by molar-refractivity contribution is 5.95. The molecule has 2 aromatic rings. The van der Waals surface area contributed by atoms with Crippen LogP contribution in [0.1, 0.15) is 5.56 Å². The largest absolute Gasteiger partial charge is 0.492 e. The molecule has 1 heterocycles. The van der Waals surface area contributed by atoms with Crippen LogP contribution in [0.15, 0.2) is 42.7 Å². The number of nitrogens with zero attached hydrogens (tertiary/aromatic N) is 2. The van der Waals surface area contributed by atoms with Crippen LogP contribution in [0.25, 0.3) is 0 Å². The summed E-state index contributed by atoms with van der Waals surface area (Å²) in [6.07, 6.45) is 3.62. The molecular weight excluding hydrogens is 216 g/mol. The van der Waals surface area contributed by atoms with Gasteiger partial charge in [0.15, 0.2) is 0 Å². The number of nitrogen functional groups attached to an aromatic ring is 1. The van der Waals surface area contributed by atoms with Gasteiger partial charge in [0, 0.05) is 18.0 Å². The van der Waals surface area contributed by atoms with E-state index < -0.39 is 0 Å². The summed E-state index contributed by atoms with van der Waals surface area (Å²) in [5.74, 6) is 0.757. The van der Waals surface area contributed by atoms with Crippen molar-refractivity contribution in [3.8, 4) is 5.75 Å². The molecule has 5 nitrogen and oxygen atoms in total. The lowest BCUT2D eigenvalue weighted by Gasteiger charge is -2.07. The predicted octanol–water partition coefficient (Wildman–Crippen LogP) is 1.25. The zero-order valence-corrected chi connectivity index (χ0v) is 9.34. The molecule has 0 amide bonds. The van der Waals surface area contributed by atoms with Gasteiger partial charge < -0.3 is 10.5 Å². The number of aromatic nitrogens is 2. The molecule has 0 aliphatic heterocycles. The molecule has 5 heteroatoms. The Morgan fingerprint density at radius 2 is 2.29 bits per heavy atom. The summed E-state index contributed by atoms with van der Waals surface area (Å²) in [5, 5.41) is 11.4. The second-order valence-corrected chi connectivity index (χ2v) is 3.56. The third-order valence-corrected chi connectivity index (χ3v) is 2.29. The van der Waals surface area contributed by atoms with Gasteiger partial charge in [0.2, 0.25) is 0 Å². The molecule has 0 radical (unpaired) electrons. The number of nitrogens with two attached hydrogens (primary N) is 1. The minimum absolute atomic E-state index is 0.0440. The molecule has 17 heavy (non-hydrogen) atoms. The standard InChI is InChI=1S/C12H14N4O/c13-12(14)10-3-1-4-11(9-10)17-8-7-16-6-2-5-15-16/h1-6,9H,7-8H2,(H3,13,14). The van der Waals surface area contributed by atoms with E-state index in [1.165, 1.54) is 0 Å². The Kier molecular flexibility index (Phi) is 3.40. The maximum atomic E-state index is 7.33. The summed E-state index contributed by atoms with van der Waals surface area (Å²) in [6, 6.07) is 9.07. The Balaban J connectivity index is 1.90. The monoisotopic (exact) mass is 230 g/mol. The van der Waals surface area contributed by atoms with Crippen molar-refractivity contribution in [2.75, 3.05) is 6.61 Å². The Morgan fingerprint density at radius 3 is 3.00 bits per heavy atom. The molecule has 0 saturated carbocycles. The van der Waals surface area contributed by atoms with Crippen LogP contribution in [0.5, 0.6) is 5.75 Å². The average molecular weight is 230 g/mol. The summed E-state index contributed by atoms with van der Waals surface area (Å²) in [4.78, 5) is 0. The van der Waals surface area contributed by atoms with Crippen molar-refractivity contribution in [1.82, 2.24) is 9.78 Å². The smallest absolute Gasteiger partial charge is 0.122 e. The van der Waals surface area contributed by atoms with E-state index in [-0.39, 0.29) is 5.84 Å². The van der Waals surface area contributed by atoms with E-state index in [0.717, 1.165) is 0 Å². The molecule has 1 aromatic heterocycles. The van der Waals surface area contributed by atoms with Gasteiger partial charge in [0.05, 0.1) is 6.54 Å². The Labute approximate surface area is 99.3 Å². The van der Waals surface area contributed by atoms with Crippen LogP contribution < -0.4 is 10.5 Å². The van der Waals surface area contributed by atoms with Crippen LogP contribution in [0, 0.1) is 5.41 Å². The van der Waals surface area contributed by atoms with Gasteiger partial charge >= 0.3 is 0 Å². The highest BCUT2D eigenvalue weighted by Gasteiger charge is 1.99. The molecule has 0 aliphatic carbocycles. The van der Waals surface area contributed by atoms with E-state index in [4.69, 9.17) is 15.9 Å². The fourth-order valence-electron chi connectivity index (χ4n) is 1.44. The second-order valence-electron chi connectivity index (χ2n) is 3.56. The van der Waals surface area contributed by atoms with Crippen LogP contribution in [-0.4, -0.2) is 22.2 Å². The minimum Gasteiger partial charge on any atom is -0.492 e. The Morgan fingerprint density at radius 1 is 1.41 bits per heavy atom. The summed E-state index contributed by atoms with van der Waals surface area (Å²) >= 11 is 0. The number of rotatable bonds is 5. The lowest BCUT2D eigenvalue weighted by molar-refractivity contribution is 0.291. The lowest BCUT2D eigenvalue weighted by atomic mass is 10.2. The average Bonchev–Trinajstić information content (AvgIpc) is 2.82. The van der Waals surface area contributed by atoms with E-state index in [1.54, 1.807) is 23.0 Å². The number of amidine groups is 1. The van der Waals surface area contributed by atoms with Crippen LogP contribution in [-0.2, 0) is 6.54 Å². The molecular formula is C12H14N4O. The van der Waals surface area contributed by atoms with Crippen molar-refractivity contribution in [1.29, 1.82) is 5.41 Å². The van der Waals surface area contributed by atoms with Crippen molar-refractivity contribution < 1.29 is 4.74 Å². The van der Waals surface area contributed by atoms with E-state index >= 15 is 0 Å². The van der Waals surface area contributed by atoms with Crippen LogP contribution >= 0.6 is 0 Å². The molecule has 0 bridgehead atoms. The van der Waals surface area contributed by atoms with Gasteiger partial charge in [-0.25, -0.2) is 0 Å². The van der Waals surface area contributed by atoms with Crippen LogP contribution in [0.4, 0.5) is 0 Å². The van der Waals surface area contributed by atoms with E-state index in [1.807, 2.05) is 24.4 Å². The fourth-order valence-corrected chi connectivity index (χ4v) is 1.44. The van der Waals surface area contributed by atoms with Crippen molar-refractivity contribution in [2.24, 2.45) is 5.73 Å². The quantitative estimate of drug-likeness (QED) is 0.599. The topological polar surface area (TPSA) is 76.9 Å². The fraction of sp³-hybridized carbons (Fsp3) is 0.167. The summed E-state index contributed by atoms with van der Waals surface area (Å²) in [6.45, 7) is 1.22. The molecule has 1 aromatic carbocycles. The summed E-state index contributed by atoms with van der Waals surface area (Å²) < 4.78 is 7.36. The first-order valence-corrected chi connectivity index (χ1v) is 5.30. The van der Waals surface area contributed by atoms with Crippen molar-refractivity contribution in [3.05, 3.63) is 48.3 Å². The van der Waals surface area contributed by atoms with E-state index in [2.05, 4.69) is 5.10 Å². The zero-order valence-electron chi connectivity index (χ0n) is 9.34. The first kappa shape index (κ1) is 11.2. The van der Waals surface area contributed by atoms with Gasteiger partial charge in [-0.3, -0.25) is 10.1 Å². The van der Waals surface area contributed by atoms with Gasteiger partial charge in [-0.05, 0) is 18.2 Å². The van der Waals surface area contributed by atoms with E-state index in [0.29, 0.717) is 24.5 Å². The lowest BCUT2D eigenvalue weighted by Crippen LogP contribution is -2.12. The maximum absolute atomic E-state index is 7.33. The highest BCUT2D eigenvalue weighted by Crippen LogP contribution is 2.12. The molecule has 0 unspecified atom stereocenters. The summed E-state index contributed by atoms with van der Waals surface area (Å²) in [7, 11) is 0. The first-order valence-electron chi connectivity index (χ1n) is 5.30. The summed E-state index contributed by atoms with van der Waals surface area (Å²) in [5.41, 5.74) is 6.07.